The van der Waals surface area contributed by atoms with Crippen molar-refractivity contribution in [2.75, 3.05) is 49.1 Å². The van der Waals surface area contributed by atoms with Crippen LogP contribution in [0.4, 0.5) is 53.3 Å². The zero-order valence-electron chi connectivity index (χ0n) is 27.0. The molecule has 1 aliphatic rings. The number of urea groups is 1. The molecule has 0 unspecified atom stereocenters. The summed E-state index contributed by atoms with van der Waals surface area (Å²) < 4.78 is 98.5. The number of methoxy groups -OCH3 is 2. The summed E-state index contributed by atoms with van der Waals surface area (Å²) in [5.74, 6) is 0.0390. The number of ether oxygens (including phenoxy) is 3. The Morgan fingerprint density at radius 1 is 1.00 bits per heavy atom. The lowest BCUT2D eigenvalue weighted by Crippen LogP contribution is -2.48. The van der Waals surface area contributed by atoms with Crippen LogP contribution in [0.25, 0.3) is 0 Å². The number of amides is 3. The summed E-state index contributed by atoms with van der Waals surface area (Å²) in [6, 6.07) is 2.40. The van der Waals surface area contributed by atoms with E-state index in [4.69, 9.17) is 14.2 Å². The van der Waals surface area contributed by atoms with Crippen molar-refractivity contribution >= 4 is 29.4 Å². The summed E-state index contributed by atoms with van der Waals surface area (Å²) in [6.45, 7) is 3.48. The van der Waals surface area contributed by atoms with E-state index in [9.17, 15) is 35.9 Å². The first-order chi connectivity index (χ1) is 23.2. The van der Waals surface area contributed by atoms with Crippen molar-refractivity contribution in [3.63, 3.8) is 0 Å². The van der Waals surface area contributed by atoms with Crippen molar-refractivity contribution in [3.05, 3.63) is 65.1 Å². The molecule has 1 aliphatic heterocycles. The third-order valence-electron chi connectivity index (χ3n) is 7.58. The Hall–Kier alpha value is -4.87. The van der Waals surface area contributed by atoms with Crippen LogP contribution in [-0.2, 0) is 28.4 Å². The molecule has 49 heavy (non-hydrogen) atoms. The molecule has 2 aromatic heterocycles. The minimum atomic E-state index is -5.08. The molecule has 3 aromatic rings. The Morgan fingerprint density at radius 2 is 1.65 bits per heavy atom. The summed E-state index contributed by atoms with van der Waals surface area (Å²) in [5.41, 5.74) is -2.62. The highest BCUT2D eigenvalue weighted by Crippen LogP contribution is 2.44. The molecule has 0 saturated heterocycles. The quantitative estimate of drug-likeness (QED) is 0.168. The molecule has 3 heterocycles. The van der Waals surface area contributed by atoms with Gasteiger partial charge in [-0.1, -0.05) is 6.92 Å². The Labute approximate surface area is 277 Å². The van der Waals surface area contributed by atoms with Gasteiger partial charge in [-0.2, -0.15) is 26.3 Å². The molecule has 266 valence electrons. The van der Waals surface area contributed by atoms with Crippen LogP contribution in [0.1, 0.15) is 55.1 Å². The Morgan fingerprint density at radius 3 is 2.20 bits per heavy atom. The van der Waals surface area contributed by atoms with Crippen LogP contribution in [-0.4, -0.2) is 67.1 Å². The summed E-state index contributed by atoms with van der Waals surface area (Å²) in [6.07, 6.45) is -7.82. The van der Waals surface area contributed by atoms with Gasteiger partial charge in [0.1, 0.15) is 0 Å². The molecule has 0 saturated carbocycles. The van der Waals surface area contributed by atoms with Crippen LogP contribution >= 0.6 is 0 Å². The highest BCUT2D eigenvalue weighted by atomic mass is 19.4. The number of carbonyl (C=O) groups is 2. The van der Waals surface area contributed by atoms with E-state index in [2.05, 4.69) is 25.6 Å². The van der Waals surface area contributed by atoms with Crippen LogP contribution in [0.2, 0.25) is 0 Å². The first kappa shape index (κ1) is 37.0. The van der Waals surface area contributed by atoms with Gasteiger partial charge >= 0.3 is 24.5 Å². The molecule has 4 rings (SSSR count). The second kappa shape index (κ2) is 15.6. The number of halogens is 6. The average molecular weight is 700 g/mol. The summed E-state index contributed by atoms with van der Waals surface area (Å²) in [7, 11) is 2.83. The number of anilines is 3. The minimum absolute atomic E-state index is 0.0507. The monoisotopic (exact) mass is 699 g/mol. The molecular formula is C31H35F6N7O5. The third-order valence-corrected chi connectivity index (χ3v) is 7.58. The van der Waals surface area contributed by atoms with Crippen LogP contribution in [0.3, 0.4) is 0 Å². The lowest BCUT2D eigenvalue weighted by atomic mass is 9.92. The number of fused-ring (bicyclic) bond motifs is 1. The number of nitrogens with one attached hydrogen (secondary N) is 2. The first-order valence-corrected chi connectivity index (χ1v) is 15.1. The van der Waals surface area contributed by atoms with Gasteiger partial charge in [-0.3, -0.25) is 4.90 Å². The van der Waals surface area contributed by atoms with Crippen LogP contribution in [0.15, 0.2) is 42.7 Å². The Kier molecular flexibility index (Phi) is 11.7. The molecule has 0 fully saturated rings. The number of hydrogen-bond donors (Lipinski definition) is 2. The molecule has 0 aliphatic carbocycles. The Balaban J connectivity index is 1.86. The van der Waals surface area contributed by atoms with Crippen molar-refractivity contribution in [1.82, 2.24) is 20.3 Å². The first-order valence-electron chi connectivity index (χ1n) is 15.1. The third kappa shape index (κ3) is 8.98. The maximum atomic E-state index is 13.8. The maximum absolute atomic E-state index is 13.8. The number of nitrogens with zero attached hydrogens (tertiary/aromatic N) is 5. The Bertz CT molecular complexity index is 1570. The second-order valence-electron chi connectivity index (χ2n) is 10.8. The maximum Gasteiger partial charge on any atom is 0.416 e. The zero-order chi connectivity index (χ0) is 35.9. The van der Waals surface area contributed by atoms with Crippen molar-refractivity contribution in [2.45, 2.75) is 57.7 Å². The highest BCUT2D eigenvalue weighted by Gasteiger charge is 2.42. The van der Waals surface area contributed by atoms with E-state index < -0.39 is 54.2 Å². The number of hydrogen-bond acceptors (Lipinski definition) is 9. The standard InChI is InChI=1S/C31H35F6N7O5/c1-5-22-14-24(26-23(7-8-25(42-26)48-4)44(22)29(46)49-6-2)43(27-39-15-21(16-40-27)41-28(45)38-9-10-47-3)17-18-11-19(30(32,33)34)13-20(12-18)31(35,36)37/h7-8,11-13,15-16,22,24H,5-6,9-10,14,17H2,1-4H3,(H2,38,41,45)/t22-,24+/m1/s1. The SMILES string of the molecule is CCOC(=O)N1c2ccc(OC)nc2[C@@H](N(Cc2cc(C(F)(F)F)cc(C(F)(F)F)c2)c2ncc(NC(=O)NCCOC)cn2)C[C@H]1CC. The average Bonchev–Trinajstić information content (AvgIpc) is 3.06. The molecule has 3 amide bonds. The van der Waals surface area contributed by atoms with Crippen LogP contribution < -0.4 is 25.2 Å². The van der Waals surface area contributed by atoms with Crippen LogP contribution in [0, 0.1) is 0 Å². The number of benzene rings is 1. The van der Waals surface area contributed by atoms with Gasteiger partial charge in [-0.15, -0.1) is 0 Å². The van der Waals surface area contributed by atoms with Crippen molar-refractivity contribution in [3.8, 4) is 5.88 Å². The minimum Gasteiger partial charge on any atom is -0.481 e. The van der Waals surface area contributed by atoms with Gasteiger partial charge in [0.25, 0.3) is 0 Å². The molecule has 2 atom stereocenters. The van der Waals surface area contributed by atoms with Gasteiger partial charge in [-0.05, 0) is 49.6 Å². The van der Waals surface area contributed by atoms with Crippen molar-refractivity contribution < 1.29 is 50.1 Å². The lowest BCUT2D eigenvalue weighted by molar-refractivity contribution is -0.143. The molecule has 0 radical (unpaired) electrons. The molecule has 12 nitrogen and oxygen atoms in total. The summed E-state index contributed by atoms with van der Waals surface area (Å²) >= 11 is 0. The molecule has 18 heteroatoms. The normalized spacial score (nSPS) is 16.1. The van der Waals surface area contributed by atoms with E-state index in [0.717, 1.165) is 0 Å². The topological polar surface area (TPSA) is 131 Å². The zero-order valence-corrected chi connectivity index (χ0v) is 27.0. The summed E-state index contributed by atoms with van der Waals surface area (Å²) in [5, 5.41) is 5.09. The predicted octanol–water partition coefficient (Wildman–Crippen LogP) is 6.58. The fraction of sp³-hybridized carbons (Fsp3) is 0.452. The van der Waals surface area contributed by atoms with Crippen LogP contribution in [0.5, 0.6) is 5.88 Å². The van der Waals surface area contributed by atoms with E-state index in [1.165, 1.54) is 42.5 Å². The van der Waals surface area contributed by atoms with Crippen molar-refractivity contribution in [1.29, 1.82) is 0 Å². The fourth-order valence-electron chi connectivity index (χ4n) is 5.35. The van der Waals surface area contributed by atoms with E-state index in [-0.39, 0.29) is 61.0 Å². The smallest absolute Gasteiger partial charge is 0.416 e. The van der Waals surface area contributed by atoms with Gasteiger partial charge in [0, 0.05) is 32.3 Å². The van der Waals surface area contributed by atoms with Crippen molar-refractivity contribution in [2.24, 2.45) is 0 Å². The number of pyridine rings is 1. The number of aromatic nitrogens is 3. The van der Waals surface area contributed by atoms with E-state index in [1.807, 2.05) is 6.92 Å². The van der Waals surface area contributed by atoms with Gasteiger partial charge in [-0.25, -0.2) is 24.5 Å². The number of carbonyl (C=O) groups excluding carboxylic acids is 2. The van der Waals surface area contributed by atoms with E-state index in [0.29, 0.717) is 24.2 Å². The molecule has 1 aromatic carbocycles. The van der Waals surface area contributed by atoms with Gasteiger partial charge < -0.3 is 29.7 Å². The second-order valence-corrected chi connectivity index (χ2v) is 10.8. The number of rotatable bonds is 11. The van der Waals surface area contributed by atoms with Gasteiger partial charge in [0.05, 0.1) is 67.0 Å². The predicted molar refractivity (Wildman–Crippen MR) is 165 cm³/mol. The molecular weight excluding hydrogens is 664 g/mol. The van der Waals surface area contributed by atoms with Gasteiger partial charge in [0.2, 0.25) is 11.8 Å². The van der Waals surface area contributed by atoms with Gasteiger partial charge in [0.15, 0.2) is 0 Å². The van der Waals surface area contributed by atoms with E-state index in [1.54, 1.807) is 13.0 Å². The molecule has 2 N–H and O–H groups in total. The molecule has 0 spiro atoms. The van der Waals surface area contributed by atoms with E-state index >= 15 is 0 Å². The lowest BCUT2D eigenvalue weighted by Gasteiger charge is -2.43. The fourth-order valence-corrected chi connectivity index (χ4v) is 5.35. The largest absolute Gasteiger partial charge is 0.481 e. The highest BCUT2D eigenvalue weighted by molar-refractivity contribution is 5.90. The summed E-state index contributed by atoms with van der Waals surface area (Å²) in [4.78, 5) is 41.4. The molecule has 0 bridgehead atoms. The number of alkyl halides is 6.